The van der Waals surface area contributed by atoms with Crippen LogP contribution in [0.2, 0.25) is 0 Å². The molecule has 0 amide bonds. The van der Waals surface area contributed by atoms with Crippen molar-refractivity contribution in [1.29, 1.82) is 0 Å². The highest BCUT2D eigenvalue weighted by atomic mass is 16.5. The van der Waals surface area contributed by atoms with Crippen LogP contribution in [-0.4, -0.2) is 33.5 Å². The predicted molar refractivity (Wildman–Crippen MR) is 101 cm³/mol. The number of ether oxygens (including phenoxy) is 4. The van der Waals surface area contributed by atoms with Crippen molar-refractivity contribution >= 4 is 5.57 Å². The summed E-state index contributed by atoms with van der Waals surface area (Å²) >= 11 is 0. The lowest BCUT2D eigenvalue weighted by Crippen LogP contribution is -2.01. The number of phenols is 1. The predicted octanol–water partition coefficient (Wildman–Crippen LogP) is 4.19. The summed E-state index contributed by atoms with van der Waals surface area (Å²) in [4.78, 5) is 0. The van der Waals surface area contributed by atoms with Crippen LogP contribution in [0.3, 0.4) is 0 Å². The number of benzene rings is 2. The lowest BCUT2D eigenvalue weighted by Gasteiger charge is -2.18. The first kappa shape index (κ1) is 18.0. The van der Waals surface area contributed by atoms with Gasteiger partial charge in [-0.25, -0.2) is 0 Å². The summed E-state index contributed by atoms with van der Waals surface area (Å²) in [5, 5.41) is 10.2. The van der Waals surface area contributed by atoms with Crippen LogP contribution in [0.1, 0.15) is 29.5 Å². The first-order chi connectivity index (χ1) is 12.6. The van der Waals surface area contributed by atoms with Crippen LogP contribution < -0.4 is 18.9 Å². The largest absolute Gasteiger partial charge is 0.502 e. The van der Waals surface area contributed by atoms with E-state index in [4.69, 9.17) is 18.9 Å². The van der Waals surface area contributed by atoms with Gasteiger partial charge in [0.15, 0.2) is 23.0 Å². The van der Waals surface area contributed by atoms with Crippen molar-refractivity contribution < 1.29 is 24.1 Å². The number of fused-ring (bicyclic) bond motifs is 1. The molecule has 1 aliphatic rings. The molecule has 0 saturated heterocycles. The SMILES string of the molecule is COc1cc(C2=CCCCc3c2ccc(OC)c3OC)cc(OC)c1O. The molecule has 5 heteroatoms. The summed E-state index contributed by atoms with van der Waals surface area (Å²) in [6, 6.07) is 7.64. The summed E-state index contributed by atoms with van der Waals surface area (Å²) in [6.07, 6.45) is 5.08. The van der Waals surface area contributed by atoms with Crippen molar-refractivity contribution in [3.05, 3.63) is 47.0 Å². The van der Waals surface area contributed by atoms with Gasteiger partial charge in [0.1, 0.15) is 0 Å². The summed E-state index contributed by atoms with van der Waals surface area (Å²) in [7, 11) is 6.37. The van der Waals surface area contributed by atoms with Gasteiger partial charge < -0.3 is 24.1 Å². The van der Waals surface area contributed by atoms with E-state index in [1.165, 1.54) is 14.2 Å². The van der Waals surface area contributed by atoms with Crippen molar-refractivity contribution in [3.63, 3.8) is 0 Å². The van der Waals surface area contributed by atoms with E-state index < -0.39 is 0 Å². The second-order valence-corrected chi connectivity index (χ2v) is 6.07. The van der Waals surface area contributed by atoms with Gasteiger partial charge in [0, 0.05) is 5.56 Å². The smallest absolute Gasteiger partial charge is 0.200 e. The zero-order valence-electron chi connectivity index (χ0n) is 15.6. The fraction of sp³-hybridized carbons (Fsp3) is 0.333. The summed E-state index contributed by atoms with van der Waals surface area (Å²) in [5.74, 6) is 2.27. The number of hydrogen-bond donors (Lipinski definition) is 1. The molecule has 0 aromatic heterocycles. The van der Waals surface area contributed by atoms with E-state index in [1.807, 2.05) is 18.2 Å². The van der Waals surface area contributed by atoms with Crippen molar-refractivity contribution in [2.24, 2.45) is 0 Å². The van der Waals surface area contributed by atoms with E-state index in [2.05, 4.69) is 12.1 Å². The fourth-order valence-corrected chi connectivity index (χ4v) is 3.45. The van der Waals surface area contributed by atoms with E-state index >= 15 is 0 Å². The minimum absolute atomic E-state index is 0.000469. The van der Waals surface area contributed by atoms with Crippen LogP contribution in [0.25, 0.3) is 5.57 Å². The van der Waals surface area contributed by atoms with Gasteiger partial charge in [-0.3, -0.25) is 0 Å². The van der Waals surface area contributed by atoms with Gasteiger partial charge in [0.05, 0.1) is 28.4 Å². The maximum absolute atomic E-state index is 10.2. The molecule has 26 heavy (non-hydrogen) atoms. The molecule has 0 fully saturated rings. The van der Waals surface area contributed by atoms with E-state index in [0.29, 0.717) is 11.5 Å². The molecule has 0 radical (unpaired) electrons. The molecule has 5 nitrogen and oxygen atoms in total. The summed E-state index contributed by atoms with van der Waals surface area (Å²) < 4.78 is 21.7. The molecule has 2 aromatic rings. The Morgan fingerprint density at radius 2 is 1.50 bits per heavy atom. The molecule has 0 aliphatic heterocycles. The molecule has 0 unspecified atom stereocenters. The van der Waals surface area contributed by atoms with Crippen molar-refractivity contribution in [1.82, 2.24) is 0 Å². The molecule has 1 aliphatic carbocycles. The normalized spacial score (nSPS) is 13.3. The fourth-order valence-electron chi connectivity index (χ4n) is 3.45. The van der Waals surface area contributed by atoms with Crippen LogP contribution in [0.15, 0.2) is 30.3 Å². The van der Waals surface area contributed by atoms with Crippen molar-refractivity contribution in [3.8, 4) is 28.7 Å². The molecule has 0 atom stereocenters. The highest BCUT2D eigenvalue weighted by Crippen LogP contribution is 2.44. The second kappa shape index (κ2) is 7.60. The molecule has 1 N–H and O–H groups in total. The first-order valence-electron chi connectivity index (χ1n) is 8.54. The number of methoxy groups -OCH3 is 4. The van der Waals surface area contributed by atoms with Gasteiger partial charge >= 0.3 is 0 Å². The molecule has 0 heterocycles. The number of allylic oxidation sites excluding steroid dienone is 1. The summed E-state index contributed by atoms with van der Waals surface area (Å²) in [6.45, 7) is 0. The number of phenolic OH excluding ortho intramolecular Hbond substituents is 1. The van der Waals surface area contributed by atoms with Crippen molar-refractivity contribution in [2.45, 2.75) is 19.3 Å². The van der Waals surface area contributed by atoms with Gasteiger partial charge in [0.2, 0.25) is 5.75 Å². The maximum atomic E-state index is 10.2. The van der Waals surface area contributed by atoms with Crippen molar-refractivity contribution in [2.75, 3.05) is 28.4 Å². The zero-order valence-corrected chi connectivity index (χ0v) is 15.6. The van der Waals surface area contributed by atoms with Crippen LogP contribution in [-0.2, 0) is 6.42 Å². The summed E-state index contributed by atoms with van der Waals surface area (Å²) in [5.41, 5.74) is 4.21. The lowest BCUT2D eigenvalue weighted by molar-refractivity contribution is 0.339. The minimum atomic E-state index is 0.000469. The Kier molecular flexibility index (Phi) is 5.26. The van der Waals surface area contributed by atoms with E-state index in [0.717, 1.165) is 53.0 Å². The Morgan fingerprint density at radius 3 is 2.08 bits per heavy atom. The van der Waals surface area contributed by atoms with Crippen LogP contribution in [0.4, 0.5) is 0 Å². The Morgan fingerprint density at radius 1 is 0.846 bits per heavy atom. The van der Waals surface area contributed by atoms with Gasteiger partial charge in [-0.1, -0.05) is 12.1 Å². The third-order valence-electron chi connectivity index (χ3n) is 4.71. The molecule has 138 valence electrons. The topological polar surface area (TPSA) is 57.2 Å². The van der Waals surface area contributed by atoms with Crippen LogP contribution in [0.5, 0.6) is 28.7 Å². The van der Waals surface area contributed by atoms with Gasteiger partial charge in [0.25, 0.3) is 0 Å². The van der Waals surface area contributed by atoms with E-state index in [9.17, 15) is 5.11 Å². The minimum Gasteiger partial charge on any atom is -0.502 e. The van der Waals surface area contributed by atoms with Crippen LogP contribution in [0, 0.1) is 0 Å². The molecular weight excluding hydrogens is 332 g/mol. The van der Waals surface area contributed by atoms with E-state index in [-0.39, 0.29) is 5.75 Å². The monoisotopic (exact) mass is 356 g/mol. The number of rotatable bonds is 5. The number of aromatic hydroxyl groups is 1. The maximum Gasteiger partial charge on any atom is 0.200 e. The van der Waals surface area contributed by atoms with Gasteiger partial charge in [-0.2, -0.15) is 0 Å². The Bertz CT molecular complexity index is 814. The third kappa shape index (κ3) is 3.05. The quantitative estimate of drug-likeness (QED) is 0.870. The Hall–Kier alpha value is -2.82. The first-order valence-corrected chi connectivity index (χ1v) is 8.54. The van der Waals surface area contributed by atoms with Crippen LogP contribution >= 0.6 is 0 Å². The lowest BCUT2D eigenvalue weighted by atomic mass is 9.92. The van der Waals surface area contributed by atoms with Gasteiger partial charge in [-0.15, -0.1) is 0 Å². The average molecular weight is 356 g/mol. The Labute approximate surface area is 153 Å². The Balaban J connectivity index is 2.21. The standard InChI is InChI=1S/C21H24O5/c1-23-17-10-9-15-14(7-5-6-8-16(15)21(17)26-4)13-11-18(24-2)20(22)19(12-13)25-3/h7,9-12,22H,5-6,8H2,1-4H3. The third-order valence-corrected chi connectivity index (χ3v) is 4.71. The average Bonchev–Trinajstić information content (AvgIpc) is 2.89. The highest BCUT2D eigenvalue weighted by molar-refractivity contribution is 5.85. The number of hydrogen-bond acceptors (Lipinski definition) is 5. The molecule has 2 aromatic carbocycles. The molecule has 0 spiro atoms. The molecule has 0 saturated carbocycles. The highest BCUT2D eigenvalue weighted by Gasteiger charge is 2.22. The second-order valence-electron chi connectivity index (χ2n) is 6.07. The molecular formula is C21H24O5. The van der Waals surface area contributed by atoms with E-state index in [1.54, 1.807) is 14.2 Å². The molecule has 3 rings (SSSR count). The molecule has 0 bridgehead atoms. The zero-order chi connectivity index (χ0) is 18.7. The van der Waals surface area contributed by atoms with Gasteiger partial charge in [-0.05, 0) is 54.2 Å².